The minimum atomic E-state index is -3.32. The molecule has 1 aliphatic heterocycles. The minimum Gasteiger partial charge on any atom is -0.409 e. The molecule has 0 aliphatic carbocycles. The molecule has 0 bridgehead atoms. The number of sulfone groups is 1. The van der Waals surface area contributed by atoms with E-state index < -0.39 is 27.4 Å². The van der Waals surface area contributed by atoms with E-state index in [4.69, 9.17) is 0 Å². The van der Waals surface area contributed by atoms with E-state index in [0.717, 1.165) is 6.26 Å². The largest absolute Gasteiger partial charge is 0.409 e. The van der Waals surface area contributed by atoms with E-state index in [-0.39, 0.29) is 21.2 Å². The van der Waals surface area contributed by atoms with Crippen molar-refractivity contribution in [3.8, 4) is 0 Å². The maximum Gasteiger partial charge on any atom is 0.321 e. The summed E-state index contributed by atoms with van der Waals surface area (Å²) in [4.78, 5) is 27.0. The molecule has 1 saturated heterocycles. The summed E-state index contributed by atoms with van der Waals surface area (Å²) in [6.45, 7) is 0.620. The van der Waals surface area contributed by atoms with Crippen LogP contribution >= 0.6 is 15.9 Å². The third-order valence-corrected chi connectivity index (χ3v) is 6.94. The van der Waals surface area contributed by atoms with Gasteiger partial charge in [0.15, 0.2) is 9.84 Å². The van der Waals surface area contributed by atoms with Gasteiger partial charge in [0, 0.05) is 36.6 Å². The fourth-order valence-electron chi connectivity index (χ4n) is 3.37. The van der Waals surface area contributed by atoms with Gasteiger partial charge in [-0.25, -0.2) is 17.6 Å². The number of ketones is 1. The zero-order chi connectivity index (χ0) is 24.2. The lowest BCUT2D eigenvalue weighted by Crippen LogP contribution is -2.44. The molecular weight excluding hydrogens is 519 g/mol. The highest BCUT2D eigenvalue weighted by atomic mass is 79.9. The molecule has 0 unspecified atom stereocenters. The van der Waals surface area contributed by atoms with E-state index in [1.807, 2.05) is 0 Å². The van der Waals surface area contributed by atoms with Crippen molar-refractivity contribution in [1.29, 1.82) is 0 Å². The number of hydrogen-bond donors (Lipinski definition) is 3. The number of nitrogens with zero attached hydrogens (tertiary/aromatic N) is 2. The van der Waals surface area contributed by atoms with Crippen LogP contribution in [0.4, 0.5) is 20.6 Å². The molecule has 0 radical (unpaired) electrons. The van der Waals surface area contributed by atoms with Gasteiger partial charge >= 0.3 is 6.03 Å². The normalized spacial score (nSPS) is 15.2. The van der Waals surface area contributed by atoms with Crippen LogP contribution in [0.3, 0.4) is 0 Å². The molecule has 3 N–H and O–H groups in total. The fraction of sp³-hybridized carbons (Fsp3) is 0.286. The number of halogens is 2. The van der Waals surface area contributed by atoms with Crippen molar-refractivity contribution in [2.24, 2.45) is 11.1 Å². The van der Waals surface area contributed by atoms with Crippen molar-refractivity contribution in [1.82, 2.24) is 4.90 Å². The van der Waals surface area contributed by atoms with Gasteiger partial charge in [0.05, 0.1) is 9.37 Å². The van der Waals surface area contributed by atoms with Crippen molar-refractivity contribution in [2.75, 3.05) is 30.0 Å². The number of likely N-dealkylation sites (tertiary alicyclic amines) is 1. The van der Waals surface area contributed by atoms with Crippen LogP contribution in [-0.4, -0.2) is 55.5 Å². The van der Waals surface area contributed by atoms with E-state index in [1.54, 1.807) is 4.90 Å². The van der Waals surface area contributed by atoms with Crippen LogP contribution in [0.1, 0.15) is 12.8 Å². The molecule has 12 heteroatoms. The summed E-state index contributed by atoms with van der Waals surface area (Å²) in [6.07, 6.45) is 1.84. The van der Waals surface area contributed by atoms with Gasteiger partial charge in [0.25, 0.3) is 0 Å². The predicted octanol–water partition coefficient (Wildman–Crippen LogP) is 3.70. The van der Waals surface area contributed by atoms with Crippen molar-refractivity contribution in [2.45, 2.75) is 17.7 Å². The van der Waals surface area contributed by atoms with Gasteiger partial charge in [-0.15, -0.1) is 0 Å². The van der Waals surface area contributed by atoms with Crippen LogP contribution in [0, 0.1) is 11.7 Å². The van der Waals surface area contributed by atoms with Crippen LogP contribution in [0.15, 0.2) is 57.0 Å². The molecule has 33 heavy (non-hydrogen) atoms. The van der Waals surface area contributed by atoms with Gasteiger partial charge in [-0.1, -0.05) is 5.16 Å². The number of oxime groups is 1. The summed E-state index contributed by atoms with van der Waals surface area (Å²) in [5.74, 6) is -1.59. The molecule has 0 aromatic heterocycles. The highest BCUT2D eigenvalue weighted by molar-refractivity contribution is 9.10. The van der Waals surface area contributed by atoms with Crippen molar-refractivity contribution in [3.05, 3.63) is 52.8 Å². The second kappa shape index (κ2) is 10.3. The molecule has 9 nitrogen and oxygen atoms in total. The number of urea groups is 1. The first-order chi connectivity index (χ1) is 15.6. The number of Topliss-reactive ketones (excluding diaryl/α,β-unsaturated/α-hetero) is 1. The number of carbonyl (C=O) groups excluding carboxylic acids is 2. The van der Waals surface area contributed by atoms with Gasteiger partial charge in [-0.3, -0.25) is 4.79 Å². The number of benzene rings is 2. The monoisotopic (exact) mass is 540 g/mol. The van der Waals surface area contributed by atoms with Gasteiger partial charge < -0.3 is 20.7 Å². The first-order valence-electron chi connectivity index (χ1n) is 9.93. The van der Waals surface area contributed by atoms with E-state index in [2.05, 4.69) is 31.7 Å². The lowest BCUT2D eigenvalue weighted by atomic mass is 9.92. The van der Waals surface area contributed by atoms with E-state index in [9.17, 15) is 27.6 Å². The maximum absolute atomic E-state index is 13.4. The highest BCUT2D eigenvalue weighted by Crippen LogP contribution is 2.23. The Labute approximate surface area is 198 Å². The molecule has 176 valence electrons. The van der Waals surface area contributed by atoms with E-state index in [1.165, 1.54) is 42.5 Å². The Kier molecular flexibility index (Phi) is 7.69. The first kappa shape index (κ1) is 24.6. The topological polar surface area (TPSA) is 128 Å². The van der Waals surface area contributed by atoms with E-state index in [0.29, 0.717) is 37.3 Å². The number of amidine groups is 1. The Morgan fingerprint density at radius 2 is 1.70 bits per heavy atom. The SMILES string of the molecule is CS(=O)(=O)c1ccc(NC(=O)N2CCC(C(=O)/C(=N/O)Nc3ccc(F)c(Br)c3)CC2)cc1. The van der Waals surface area contributed by atoms with Gasteiger partial charge in [0.1, 0.15) is 5.82 Å². The van der Waals surface area contributed by atoms with Gasteiger partial charge in [-0.05, 0) is 71.2 Å². The number of amides is 2. The smallest absolute Gasteiger partial charge is 0.321 e. The summed E-state index contributed by atoms with van der Waals surface area (Å²) in [5.41, 5.74) is 0.832. The van der Waals surface area contributed by atoms with Crippen LogP contribution in [-0.2, 0) is 14.6 Å². The molecule has 2 aromatic rings. The summed E-state index contributed by atoms with van der Waals surface area (Å²) < 4.78 is 36.6. The summed E-state index contributed by atoms with van der Waals surface area (Å²) >= 11 is 3.05. The third-order valence-electron chi connectivity index (χ3n) is 5.20. The molecule has 1 aliphatic rings. The molecule has 1 fully saturated rings. The Hall–Kier alpha value is -2.99. The number of carbonyl (C=O) groups is 2. The molecule has 2 amide bonds. The molecular formula is C21H22BrFN4O5S. The Morgan fingerprint density at radius 1 is 1.09 bits per heavy atom. The van der Waals surface area contributed by atoms with Gasteiger partial charge in [-0.2, -0.15) is 0 Å². The Balaban J connectivity index is 1.55. The van der Waals surface area contributed by atoms with E-state index >= 15 is 0 Å². The Bertz CT molecular complexity index is 1180. The highest BCUT2D eigenvalue weighted by Gasteiger charge is 2.30. The lowest BCUT2D eigenvalue weighted by molar-refractivity contribution is -0.117. The number of rotatable bonds is 5. The number of anilines is 2. The fourth-order valence-corrected chi connectivity index (χ4v) is 4.38. The number of hydrogen-bond acceptors (Lipinski definition) is 6. The third kappa shape index (κ3) is 6.29. The molecule has 0 atom stereocenters. The van der Waals surface area contributed by atoms with Crippen LogP contribution in [0.5, 0.6) is 0 Å². The zero-order valence-corrected chi connectivity index (χ0v) is 20.0. The quantitative estimate of drug-likeness (QED) is 0.229. The molecule has 0 spiro atoms. The lowest BCUT2D eigenvalue weighted by Gasteiger charge is -2.31. The second-order valence-electron chi connectivity index (χ2n) is 7.55. The molecule has 0 saturated carbocycles. The van der Waals surface area contributed by atoms with Gasteiger partial charge in [0.2, 0.25) is 11.6 Å². The summed E-state index contributed by atoms with van der Waals surface area (Å²) in [5, 5.41) is 17.7. The minimum absolute atomic E-state index is 0.155. The molecule has 3 rings (SSSR count). The van der Waals surface area contributed by atoms with Crippen LogP contribution in [0.25, 0.3) is 0 Å². The van der Waals surface area contributed by atoms with Crippen LogP contribution in [0.2, 0.25) is 0 Å². The zero-order valence-electron chi connectivity index (χ0n) is 17.6. The average Bonchev–Trinajstić information content (AvgIpc) is 2.79. The standard InChI is InChI=1S/C21H22BrFN4O5S/c1-33(31,32)16-5-2-14(3-6-16)25-21(29)27-10-8-13(9-11-27)19(28)20(26-30)24-15-4-7-18(23)17(22)12-15/h2-7,12-13,30H,8-11H2,1H3,(H,24,26)(H,25,29). The van der Waals surface area contributed by atoms with Crippen molar-refractivity contribution >= 4 is 54.8 Å². The summed E-state index contributed by atoms with van der Waals surface area (Å²) in [6, 6.07) is 9.52. The predicted molar refractivity (Wildman–Crippen MR) is 125 cm³/mol. The molecule has 1 heterocycles. The van der Waals surface area contributed by atoms with Crippen LogP contribution < -0.4 is 10.6 Å². The van der Waals surface area contributed by atoms with Crippen molar-refractivity contribution in [3.63, 3.8) is 0 Å². The molecule has 2 aromatic carbocycles. The average molecular weight is 541 g/mol. The summed E-state index contributed by atoms with van der Waals surface area (Å²) in [7, 11) is -3.32. The Morgan fingerprint density at radius 3 is 2.24 bits per heavy atom. The first-order valence-corrected chi connectivity index (χ1v) is 12.6. The number of nitrogens with one attached hydrogen (secondary N) is 2. The maximum atomic E-state index is 13.4. The number of piperidine rings is 1. The second-order valence-corrected chi connectivity index (χ2v) is 10.4. The van der Waals surface area contributed by atoms with Crippen molar-refractivity contribution < 1.29 is 27.6 Å².